The molecule has 17 heavy (non-hydrogen) atoms. The Bertz CT molecular complexity index is 352. The summed E-state index contributed by atoms with van der Waals surface area (Å²) in [6.45, 7) is 5.28. The van der Waals surface area contributed by atoms with Crippen molar-refractivity contribution >= 4 is 0 Å². The SMILES string of the molecule is CNCCC(c1ccc(OC)c(F)c1)C(C)C. The van der Waals surface area contributed by atoms with Crippen molar-refractivity contribution in [2.75, 3.05) is 20.7 Å². The van der Waals surface area contributed by atoms with Gasteiger partial charge >= 0.3 is 0 Å². The summed E-state index contributed by atoms with van der Waals surface area (Å²) >= 11 is 0. The zero-order chi connectivity index (χ0) is 12.8. The maximum Gasteiger partial charge on any atom is 0.165 e. The molecule has 0 radical (unpaired) electrons. The quantitative estimate of drug-likeness (QED) is 0.823. The minimum atomic E-state index is -0.278. The molecule has 0 heterocycles. The molecule has 0 saturated carbocycles. The van der Waals surface area contributed by atoms with E-state index in [4.69, 9.17) is 4.74 Å². The first-order chi connectivity index (χ1) is 8.10. The van der Waals surface area contributed by atoms with Crippen LogP contribution >= 0.6 is 0 Å². The topological polar surface area (TPSA) is 21.3 Å². The molecule has 0 bridgehead atoms. The molecule has 1 N–H and O–H groups in total. The number of nitrogens with one attached hydrogen (secondary N) is 1. The molecular weight excluding hydrogens is 217 g/mol. The van der Waals surface area contributed by atoms with Gasteiger partial charge in [-0.3, -0.25) is 0 Å². The van der Waals surface area contributed by atoms with E-state index in [0.29, 0.717) is 17.6 Å². The van der Waals surface area contributed by atoms with Gasteiger partial charge in [0.25, 0.3) is 0 Å². The summed E-state index contributed by atoms with van der Waals surface area (Å²) in [5.41, 5.74) is 1.05. The third-order valence-corrected chi connectivity index (χ3v) is 3.11. The van der Waals surface area contributed by atoms with Gasteiger partial charge in [-0.05, 0) is 49.5 Å². The molecule has 96 valence electrons. The Kier molecular flexibility index (Phi) is 5.42. The van der Waals surface area contributed by atoms with E-state index in [-0.39, 0.29) is 5.82 Å². The predicted molar refractivity (Wildman–Crippen MR) is 69.1 cm³/mol. The summed E-state index contributed by atoms with van der Waals surface area (Å²) < 4.78 is 18.6. The molecule has 1 unspecified atom stereocenters. The Morgan fingerprint density at radius 1 is 1.35 bits per heavy atom. The van der Waals surface area contributed by atoms with Crippen molar-refractivity contribution in [1.29, 1.82) is 0 Å². The lowest BCUT2D eigenvalue weighted by Gasteiger charge is -2.21. The second-order valence-corrected chi connectivity index (χ2v) is 4.64. The first-order valence-corrected chi connectivity index (χ1v) is 6.08. The van der Waals surface area contributed by atoms with Crippen LogP contribution < -0.4 is 10.1 Å². The molecule has 0 saturated heterocycles. The van der Waals surface area contributed by atoms with E-state index in [0.717, 1.165) is 18.5 Å². The lowest BCUT2D eigenvalue weighted by atomic mass is 9.85. The minimum absolute atomic E-state index is 0.278. The van der Waals surface area contributed by atoms with Crippen LogP contribution in [0.1, 0.15) is 31.7 Å². The van der Waals surface area contributed by atoms with E-state index in [1.165, 1.54) is 7.11 Å². The maximum atomic E-state index is 13.7. The van der Waals surface area contributed by atoms with Gasteiger partial charge in [-0.15, -0.1) is 0 Å². The first-order valence-electron chi connectivity index (χ1n) is 6.08. The van der Waals surface area contributed by atoms with Crippen LogP contribution in [0.5, 0.6) is 5.75 Å². The van der Waals surface area contributed by atoms with E-state index >= 15 is 0 Å². The van der Waals surface area contributed by atoms with Crippen molar-refractivity contribution in [1.82, 2.24) is 5.32 Å². The number of hydrogen-bond acceptors (Lipinski definition) is 2. The molecule has 0 aromatic heterocycles. The van der Waals surface area contributed by atoms with Crippen molar-refractivity contribution in [3.05, 3.63) is 29.6 Å². The lowest BCUT2D eigenvalue weighted by Crippen LogP contribution is -2.16. The summed E-state index contributed by atoms with van der Waals surface area (Å²) in [6, 6.07) is 5.26. The van der Waals surface area contributed by atoms with Gasteiger partial charge in [0, 0.05) is 0 Å². The molecule has 0 aliphatic carbocycles. The Hall–Kier alpha value is -1.09. The highest BCUT2D eigenvalue weighted by Gasteiger charge is 2.17. The largest absolute Gasteiger partial charge is 0.494 e. The van der Waals surface area contributed by atoms with Gasteiger partial charge in [0.15, 0.2) is 11.6 Å². The Morgan fingerprint density at radius 2 is 2.06 bits per heavy atom. The Morgan fingerprint density at radius 3 is 2.53 bits per heavy atom. The maximum absolute atomic E-state index is 13.7. The lowest BCUT2D eigenvalue weighted by molar-refractivity contribution is 0.384. The monoisotopic (exact) mass is 239 g/mol. The molecule has 1 aromatic carbocycles. The average molecular weight is 239 g/mol. The van der Waals surface area contributed by atoms with Crippen molar-refractivity contribution in [3.63, 3.8) is 0 Å². The van der Waals surface area contributed by atoms with Gasteiger partial charge < -0.3 is 10.1 Å². The van der Waals surface area contributed by atoms with Gasteiger partial charge in [-0.25, -0.2) is 4.39 Å². The third-order valence-electron chi connectivity index (χ3n) is 3.11. The number of rotatable bonds is 6. The van der Waals surface area contributed by atoms with Crippen LogP contribution in [0.2, 0.25) is 0 Å². The number of methoxy groups -OCH3 is 1. The molecule has 3 heteroatoms. The smallest absolute Gasteiger partial charge is 0.165 e. The normalized spacial score (nSPS) is 12.8. The van der Waals surface area contributed by atoms with Crippen LogP contribution in [0.4, 0.5) is 4.39 Å². The molecule has 0 spiro atoms. The first kappa shape index (κ1) is 14.0. The molecule has 1 atom stereocenters. The van der Waals surface area contributed by atoms with Crippen LogP contribution in [0.15, 0.2) is 18.2 Å². The second-order valence-electron chi connectivity index (χ2n) is 4.64. The van der Waals surface area contributed by atoms with E-state index in [1.54, 1.807) is 12.1 Å². The summed E-state index contributed by atoms with van der Waals surface area (Å²) in [6.07, 6.45) is 1.01. The van der Waals surface area contributed by atoms with Crippen molar-refractivity contribution in [2.24, 2.45) is 5.92 Å². The van der Waals surface area contributed by atoms with Crippen LogP contribution in [0, 0.1) is 11.7 Å². The van der Waals surface area contributed by atoms with Crippen molar-refractivity contribution in [3.8, 4) is 5.75 Å². The van der Waals surface area contributed by atoms with Crippen molar-refractivity contribution < 1.29 is 9.13 Å². The zero-order valence-electron chi connectivity index (χ0n) is 11.1. The highest BCUT2D eigenvalue weighted by atomic mass is 19.1. The highest BCUT2D eigenvalue weighted by molar-refractivity contribution is 5.31. The van der Waals surface area contributed by atoms with E-state index in [2.05, 4.69) is 19.2 Å². The number of halogens is 1. The Labute approximate surface area is 103 Å². The summed E-state index contributed by atoms with van der Waals surface area (Å²) in [7, 11) is 3.42. The van der Waals surface area contributed by atoms with E-state index < -0.39 is 0 Å². The fraction of sp³-hybridized carbons (Fsp3) is 0.571. The summed E-state index contributed by atoms with van der Waals surface area (Å²) in [4.78, 5) is 0. The standard InChI is InChI=1S/C14H22FNO/c1-10(2)12(7-8-16-3)11-5-6-14(17-4)13(15)9-11/h5-6,9-10,12,16H,7-8H2,1-4H3. The Balaban J connectivity index is 2.90. The van der Waals surface area contributed by atoms with Gasteiger partial charge in [0.1, 0.15) is 0 Å². The van der Waals surface area contributed by atoms with Crippen molar-refractivity contribution in [2.45, 2.75) is 26.2 Å². The zero-order valence-corrected chi connectivity index (χ0v) is 11.1. The molecular formula is C14H22FNO. The third kappa shape index (κ3) is 3.70. The van der Waals surface area contributed by atoms with Crippen LogP contribution in [0.25, 0.3) is 0 Å². The molecule has 0 aliphatic heterocycles. The fourth-order valence-corrected chi connectivity index (χ4v) is 2.10. The van der Waals surface area contributed by atoms with Gasteiger partial charge in [-0.1, -0.05) is 19.9 Å². The highest BCUT2D eigenvalue weighted by Crippen LogP contribution is 2.30. The minimum Gasteiger partial charge on any atom is -0.494 e. The van der Waals surface area contributed by atoms with E-state index in [1.807, 2.05) is 13.1 Å². The van der Waals surface area contributed by atoms with Crippen LogP contribution in [-0.2, 0) is 0 Å². The van der Waals surface area contributed by atoms with E-state index in [9.17, 15) is 4.39 Å². The summed E-state index contributed by atoms with van der Waals surface area (Å²) in [5.74, 6) is 0.906. The van der Waals surface area contributed by atoms with Crippen LogP contribution in [-0.4, -0.2) is 20.7 Å². The molecule has 1 aromatic rings. The summed E-state index contributed by atoms with van der Waals surface area (Å²) in [5, 5.41) is 3.14. The predicted octanol–water partition coefficient (Wildman–Crippen LogP) is 3.18. The number of hydrogen-bond donors (Lipinski definition) is 1. The number of benzene rings is 1. The average Bonchev–Trinajstić information content (AvgIpc) is 2.29. The van der Waals surface area contributed by atoms with Gasteiger partial charge in [0.2, 0.25) is 0 Å². The molecule has 0 aliphatic rings. The molecule has 2 nitrogen and oxygen atoms in total. The molecule has 0 fully saturated rings. The molecule has 0 amide bonds. The van der Waals surface area contributed by atoms with Gasteiger partial charge in [0.05, 0.1) is 7.11 Å². The van der Waals surface area contributed by atoms with Crippen LogP contribution in [0.3, 0.4) is 0 Å². The van der Waals surface area contributed by atoms with Gasteiger partial charge in [-0.2, -0.15) is 0 Å². The fourth-order valence-electron chi connectivity index (χ4n) is 2.10. The molecule has 1 rings (SSSR count). The number of ether oxygens (including phenoxy) is 1. The second kappa shape index (κ2) is 6.60.